The van der Waals surface area contributed by atoms with Crippen LogP contribution in [0.3, 0.4) is 0 Å². The Kier molecular flexibility index (Phi) is 8.97. The third-order valence-corrected chi connectivity index (χ3v) is 5.90. The molecule has 7 nitrogen and oxygen atoms in total. The molecule has 1 saturated heterocycles. The van der Waals surface area contributed by atoms with Crippen LogP contribution in [0.2, 0.25) is 0 Å². The minimum atomic E-state index is -3.37. The third-order valence-electron chi connectivity index (χ3n) is 4.59. The number of likely N-dealkylation sites (N-methyl/N-ethyl adjacent to an activating group) is 1. The van der Waals surface area contributed by atoms with Gasteiger partial charge in [0.2, 0.25) is 10.0 Å². The topological polar surface area (TPSA) is 71.1 Å². The standard InChI is InChI=1S/C18H31N3O4S/c1-20-8-10-21(11-9-20)18(17-6-4-3-5-7-17)16-19-26(22,23)15-14-25-13-12-24-2/h3-7,18-19H,8-16H2,1-2H3. The van der Waals surface area contributed by atoms with E-state index in [4.69, 9.17) is 9.47 Å². The average molecular weight is 386 g/mol. The van der Waals surface area contributed by atoms with Crippen LogP contribution >= 0.6 is 0 Å². The molecule has 0 saturated carbocycles. The number of piperazine rings is 1. The van der Waals surface area contributed by atoms with E-state index >= 15 is 0 Å². The largest absolute Gasteiger partial charge is 0.382 e. The molecule has 1 aromatic rings. The van der Waals surface area contributed by atoms with Crippen molar-refractivity contribution in [2.24, 2.45) is 0 Å². The lowest BCUT2D eigenvalue weighted by Crippen LogP contribution is -2.48. The van der Waals surface area contributed by atoms with Gasteiger partial charge in [0.25, 0.3) is 0 Å². The molecule has 0 radical (unpaired) electrons. The third kappa shape index (κ3) is 7.30. The first-order valence-electron chi connectivity index (χ1n) is 9.03. The molecule has 0 amide bonds. The second kappa shape index (κ2) is 11.0. The number of hydrogen-bond acceptors (Lipinski definition) is 6. The lowest BCUT2D eigenvalue weighted by atomic mass is 10.0. The van der Waals surface area contributed by atoms with Crippen LogP contribution in [0, 0.1) is 0 Å². The number of methoxy groups -OCH3 is 1. The summed E-state index contributed by atoms with van der Waals surface area (Å²) < 4.78 is 37.5. The van der Waals surface area contributed by atoms with Crippen LogP contribution in [0.25, 0.3) is 0 Å². The molecule has 0 bridgehead atoms. The van der Waals surface area contributed by atoms with E-state index in [1.165, 1.54) is 0 Å². The van der Waals surface area contributed by atoms with Crippen LogP contribution in [-0.2, 0) is 19.5 Å². The quantitative estimate of drug-likeness (QED) is 0.561. The predicted molar refractivity (Wildman–Crippen MR) is 103 cm³/mol. The van der Waals surface area contributed by atoms with Gasteiger partial charge in [-0.2, -0.15) is 0 Å². The Morgan fingerprint density at radius 3 is 2.42 bits per heavy atom. The van der Waals surface area contributed by atoms with Crippen molar-refractivity contribution in [3.05, 3.63) is 35.9 Å². The number of ether oxygens (including phenoxy) is 2. The fourth-order valence-corrected chi connectivity index (χ4v) is 3.85. The van der Waals surface area contributed by atoms with E-state index in [9.17, 15) is 8.42 Å². The van der Waals surface area contributed by atoms with Gasteiger partial charge in [-0.3, -0.25) is 4.90 Å². The molecule has 26 heavy (non-hydrogen) atoms. The van der Waals surface area contributed by atoms with Crippen molar-refractivity contribution in [1.29, 1.82) is 0 Å². The number of hydrogen-bond donors (Lipinski definition) is 1. The van der Waals surface area contributed by atoms with Crippen LogP contribution in [0.4, 0.5) is 0 Å². The summed E-state index contributed by atoms with van der Waals surface area (Å²) in [5.74, 6) is -0.0407. The molecule has 2 rings (SSSR count). The Labute approximate surface area is 157 Å². The highest BCUT2D eigenvalue weighted by Gasteiger charge is 2.25. The molecule has 1 N–H and O–H groups in total. The Morgan fingerprint density at radius 2 is 1.77 bits per heavy atom. The van der Waals surface area contributed by atoms with Gasteiger partial charge < -0.3 is 14.4 Å². The van der Waals surface area contributed by atoms with Crippen molar-refractivity contribution in [1.82, 2.24) is 14.5 Å². The fraction of sp³-hybridized carbons (Fsp3) is 0.667. The normalized spacial score (nSPS) is 18.1. The summed E-state index contributed by atoms with van der Waals surface area (Å²) in [6.07, 6.45) is 0. The van der Waals surface area contributed by atoms with E-state index in [2.05, 4.69) is 33.7 Å². The summed E-state index contributed by atoms with van der Waals surface area (Å²) in [4.78, 5) is 4.65. The minimum Gasteiger partial charge on any atom is -0.382 e. The van der Waals surface area contributed by atoms with Gasteiger partial charge in [0.05, 0.1) is 25.6 Å². The Hall–Kier alpha value is -1.03. The van der Waals surface area contributed by atoms with E-state index in [0.29, 0.717) is 19.8 Å². The maximum absolute atomic E-state index is 12.3. The Bertz CT molecular complexity index is 604. The van der Waals surface area contributed by atoms with Crippen molar-refractivity contribution in [3.63, 3.8) is 0 Å². The number of nitrogens with zero attached hydrogens (tertiary/aromatic N) is 2. The van der Waals surface area contributed by atoms with Crippen LogP contribution in [0.5, 0.6) is 0 Å². The van der Waals surface area contributed by atoms with Gasteiger partial charge in [0, 0.05) is 45.9 Å². The molecular weight excluding hydrogens is 354 g/mol. The first kappa shape index (κ1) is 21.3. The zero-order chi connectivity index (χ0) is 18.8. The number of rotatable bonds is 11. The molecule has 1 heterocycles. The highest BCUT2D eigenvalue weighted by atomic mass is 32.2. The van der Waals surface area contributed by atoms with Gasteiger partial charge in [0.15, 0.2) is 0 Å². The summed E-state index contributed by atoms with van der Waals surface area (Å²) in [6, 6.07) is 10.1. The SMILES string of the molecule is COCCOCCS(=O)(=O)NCC(c1ccccc1)N1CCN(C)CC1. The molecule has 1 aliphatic rings. The molecule has 1 aliphatic heterocycles. The van der Waals surface area contributed by atoms with Crippen molar-refractivity contribution in [2.75, 3.05) is 72.5 Å². The minimum absolute atomic E-state index is 0.0362. The van der Waals surface area contributed by atoms with E-state index in [1.54, 1.807) is 7.11 Å². The van der Waals surface area contributed by atoms with Crippen LogP contribution in [0.15, 0.2) is 30.3 Å². The van der Waals surface area contributed by atoms with Gasteiger partial charge in [-0.1, -0.05) is 30.3 Å². The van der Waals surface area contributed by atoms with Gasteiger partial charge in [0.1, 0.15) is 0 Å². The molecule has 8 heteroatoms. The maximum atomic E-state index is 12.3. The molecule has 1 unspecified atom stereocenters. The number of nitrogens with one attached hydrogen (secondary N) is 1. The lowest BCUT2D eigenvalue weighted by Gasteiger charge is -2.38. The molecule has 0 aliphatic carbocycles. The first-order chi connectivity index (χ1) is 12.5. The first-order valence-corrected chi connectivity index (χ1v) is 10.7. The summed E-state index contributed by atoms with van der Waals surface area (Å²) in [6.45, 7) is 5.24. The number of benzene rings is 1. The summed E-state index contributed by atoms with van der Waals surface area (Å²) in [7, 11) is 0.325. The summed E-state index contributed by atoms with van der Waals surface area (Å²) in [5.41, 5.74) is 1.14. The maximum Gasteiger partial charge on any atom is 0.213 e. The lowest BCUT2D eigenvalue weighted by molar-refractivity contribution is 0.0784. The van der Waals surface area contributed by atoms with Crippen LogP contribution in [-0.4, -0.2) is 90.7 Å². The molecule has 1 fully saturated rings. The highest BCUT2D eigenvalue weighted by Crippen LogP contribution is 2.21. The smallest absolute Gasteiger partial charge is 0.213 e. The van der Waals surface area contributed by atoms with E-state index in [-0.39, 0.29) is 18.4 Å². The molecule has 1 aromatic carbocycles. The predicted octanol–water partition coefficient (Wildman–Crippen LogP) is 0.558. The van der Waals surface area contributed by atoms with Crippen molar-refractivity contribution in [2.45, 2.75) is 6.04 Å². The zero-order valence-corrected chi connectivity index (χ0v) is 16.6. The van der Waals surface area contributed by atoms with Gasteiger partial charge >= 0.3 is 0 Å². The van der Waals surface area contributed by atoms with Crippen molar-refractivity contribution in [3.8, 4) is 0 Å². The van der Waals surface area contributed by atoms with Crippen molar-refractivity contribution < 1.29 is 17.9 Å². The Morgan fingerprint density at radius 1 is 1.08 bits per heavy atom. The van der Waals surface area contributed by atoms with Crippen LogP contribution in [0.1, 0.15) is 11.6 Å². The molecule has 148 valence electrons. The fourth-order valence-electron chi connectivity index (χ4n) is 2.96. The Balaban J connectivity index is 1.92. The molecule has 1 atom stereocenters. The zero-order valence-electron chi connectivity index (χ0n) is 15.8. The van der Waals surface area contributed by atoms with Gasteiger partial charge in [-0.05, 0) is 12.6 Å². The highest BCUT2D eigenvalue weighted by molar-refractivity contribution is 7.89. The summed E-state index contributed by atoms with van der Waals surface area (Å²) in [5, 5.41) is 0. The second-order valence-corrected chi connectivity index (χ2v) is 8.46. The van der Waals surface area contributed by atoms with Crippen LogP contribution < -0.4 is 4.72 Å². The van der Waals surface area contributed by atoms with Gasteiger partial charge in [-0.25, -0.2) is 13.1 Å². The van der Waals surface area contributed by atoms with Gasteiger partial charge in [-0.15, -0.1) is 0 Å². The van der Waals surface area contributed by atoms with E-state index < -0.39 is 10.0 Å². The monoisotopic (exact) mass is 385 g/mol. The molecule has 0 spiro atoms. The van der Waals surface area contributed by atoms with Crippen molar-refractivity contribution >= 4 is 10.0 Å². The number of sulfonamides is 1. The molecular formula is C18H31N3O4S. The second-order valence-electron chi connectivity index (χ2n) is 6.54. The van der Waals surface area contributed by atoms with E-state index in [1.807, 2.05) is 18.2 Å². The van der Waals surface area contributed by atoms with E-state index in [0.717, 1.165) is 31.7 Å². The molecule has 0 aromatic heterocycles. The summed E-state index contributed by atoms with van der Waals surface area (Å²) >= 11 is 0. The average Bonchev–Trinajstić information content (AvgIpc) is 2.64.